The number of pyridine rings is 1. The van der Waals surface area contributed by atoms with Gasteiger partial charge in [0.25, 0.3) is 0 Å². The van der Waals surface area contributed by atoms with Crippen LogP contribution in [0.5, 0.6) is 0 Å². The van der Waals surface area contributed by atoms with Crippen molar-refractivity contribution in [3.05, 3.63) is 23.9 Å². The van der Waals surface area contributed by atoms with Gasteiger partial charge in [-0.2, -0.15) is 0 Å². The highest BCUT2D eigenvalue weighted by atomic mass is 15.0. The molecule has 1 fully saturated rings. The van der Waals surface area contributed by atoms with Crippen molar-refractivity contribution in [1.82, 2.24) is 4.98 Å². The van der Waals surface area contributed by atoms with Crippen LogP contribution in [-0.2, 0) is 0 Å². The summed E-state index contributed by atoms with van der Waals surface area (Å²) in [5, 5.41) is 3.40. The SMILES string of the molecule is Cc1ccc(NCC2CCCC(N)C2)nc1. The predicted octanol–water partition coefficient (Wildman–Crippen LogP) is 2.32. The highest BCUT2D eigenvalue weighted by molar-refractivity contribution is 5.35. The average Bonchev–Trinajstić information content (AvgIpc) is 2.28. The maximum atomic E-state index is 5.97. The summed E-state index contributed by atoms with van der Waals surface area (Å²) in [5.41, 5.74) is 7.17. The van der Waals surface area contributed by atoms with Crippen LogP contribution in [0.15, 0.2) is 18.3 Å². The standard InChI is InChI=1S/C13H21N3/c1-10-5-6-13(15-8-10)16-9-11-3-2-4-12(14)7-11/h5-6,8,11-12H,2-4,7,9,14H2,1H3,(H,15,16). The van der Waals surface area contributed by atoms with E-state index in [0.717, 1.165) is 18.8 Å². The topological polar surface area (TPSA) is 50.9 Å². The molecule has 0 bridgehead atoms. The Bertz CT molecular complexity index is 320. The quantitative estimate of drug-likeness (QED) is 0.820. The number of aromatic nitrogens is 1. The Morgan fingerprint density at radius 3 is 3.00 bits per heavy atom. The van der Waals surface area contributed by atoms with E-state index in [1.165, 1.54) is 24.8 Å². The average molecular weight is 219 g/mol. The molecule has 16 heavy (non-hydrogen) atoms. The number of aryl methyl sites for hydroxylation is 1. The maximum absolute atomic E-state index is 5.97. The molecule has 0 amide bonds. The van der Waals surface area contributed by atoms with Crippen LogP contribution in [0.3, 0.4) is 0 Å². The minimum atomic E-state index is 0.409. The molecule has 3 N–H and O–H groups in total. The number of rotatable bonds is 3. The van der Waals surface area contributed by atoms with Crippen molar-refractivity contribution < 1.29 is 0 Å². The smallest absolute Gasteiger partial charge is 0.125 e. The molecule has 1 saturated carbocycles. The third kappa shape index (κ3) is 3.20. The predicted molar refractivity (Wildman–Crippen MR) is 67.4 cm³/mol. The van der Waals surface area contributed by atoms with Crippen molar-refractivity contribution in [1.29, 1.82) is 0 Å². The van der Waals surface area contributed by atoms with Crippen LogP contribution >= 0.6 is 0 Å². The molecule has 3 heteroatoms. The van der Waals surface area contributed by atoms with Gasteiger partial charge in [0.05, 0.1) is 0 Å². The Morgan fingerprint density at radius 1 is 1.44 bits per heavy atom. The third-order valence-electron chi connectivity index (χ3n) is 3.31. The van der Waals surface area contributed by atoms with Crippen LogP contribution in [0.1, 0.15) is 31.2 Å². The molecule has 1 heterocycles. The minimum absolute atomic E-state index is 0.409. The largest absolute Gasteiger partial charge is 0.370 e. The van der Waals surface area contributed by atoms with E-state index in [2.05, 4.69) is 23.3 Å². The van der Waals surface area contributed by atoms with Gasteiger partial charge in [-0.1, -0.05) is 12.5 Å². The van der Waals surface area contributed by atoms with Crippen molar-refractivity contribution in [2.24, 2.45) is 11.7 Å². The Morgan fingerprint density at radius 2 is 2.31 bits per heavy atom. The highest BCUT2D eigenvalue weighted by Gasteiger charge is 2.18. The molecule has 0 aromatic carbocycles. The Balaban J connectivity index is 1.80. The van der Waals surface area contributed by atoms with E-state index in [4.69, 9.17) is 5.73 Å². The van der Waals surface area contributed by atoms with E-state index in [0.29, 0.717) is 12.0 Å². The summed E-state index contributed by atoms with van der Waals surface area (Å²) < 4.78 is 0. The van der Waals surface area contributed by atoms with Crippen LogP contribution < -0.4 is 11.1 Å². The first-order valence-corrected chi connectivity index (χ1v) is 6.16. The van der Waals surface area contributed by atoms with Crippen molar-refractivity contribution in [3.63, 3.8) is 0 Å². The van der Waals surface area contributed by atoms with E-state index in [-0.39, 0.29) is 0 Å². The second-order valence-electron chi connectivity index (χ2n) is 4.89. The number of hydrogen-bond donors (Lipinski definition) is 2. The number of nitrogens with zero attached hydrogens (tertiary/aromatic N) is 1. The highest BCUT2D eigenvalue weighted by Crippen LogP contribution is 2.23. The van der Waals surface area contributed by atoms with Gasteiger partial charge >= 0.3 is 0 Å². The summed E-state index contributed by atoms with van der Waals surface area (Å²) in [6.07, 6.45) is 6.81. The maximum Gasteiger partial charge on any atom is 0.125 e. The van der Waals surface area contributed by atoms with Gasteiger partial charge in [-0.15, -0.1) is 0 Å². The lowest BCUT2D eigenvalue weighted by molar-refractivity contribution is 0.335. The lowest BCUT2D eigenvalue weighted by Gasteiger charge is -2.26. The second-order valence-corrected chi connectivity index (χ2v) is 4.89. The molecule has 3 nitrogen and oxygen atoms in total. The molecule has 2 rings (SSSR count). The van der Waals surface area contributed by atoms with Gasteiger partial charge in [-0.25, -0.2) is 4.98 Å². The van der Waals surface area contributed by atoms with E-state index >= 15 is 0 Å². The zero-order valence-electron chi connectivity index (χ0n) is 9.95. The molecular weight excluding hydrogens is 198 g/mol. The molecule has 1 aliphatic rings. The molecule has 2 unspecified atom stereocenters. The van der Waals surface area contributed by atoms with Gasteiger partial charge in [0.2, 0.25) is 0 Å². The molecule has 88 valence electrons. The molecule has 1 aromatic heterocycles. The van der Waals surface area contributed by atoms with E-state index < -0.39 is 0 Å². The van der Waals surface area contributed by atoms with Crippen molar-refractivity contribution in [2.45, 2.75) is 38.6 Å². The van der Waals surface area contributed by atoms with Crippen molar-refractivity contribution >= 4 is 5.82 Å². The molecule has 0 saturated heterocycles. The number of nitrogens with one attached hydrogen (secondary N) is 1. The van der Waals surface area contributed by atoms with Gasteiger partial charge in [-0.05, 0) is 43.7 Å². The monoisotopic (exact) mass is 219 g/mol. The molecule has 1 aromatic rings. The Labute approximate surface area is 97.5 Å². The third-order valence-corrected chi connectivity index (χ3v) is 3.31. The summed E-state index contributed by atoms with van der Waals surface area (Å²) in [7, 11) is 0. The Kier molecular flexibility index (Phi) is 3.78. The fourth-order valence-corrected chi connectivity index (χ4v) is 2.34. The van der Waals surface area contributed by atoms with Crippen LogP contribution in [0.4, 0.5) is 5.82 Å². The zero-order chi connectivity index (χ0) is 11.4. The summed E-state index contributed by atoms with van der Waals surface area (Å²) in [5.74, 6) is 1.69. The lowest BCUT2D eigenvalue weighted by atomic mass is 9.86. The summed E-state index contributed by atoms with van der Waals surface area (Å²) in [6.45, 7) is 3.06. The van der Waals surface area contributed by atoms with Gasteiger partial charge in [0.15, 0.2) is 0 Å². The Hall–Kier alpha value is -1.09. The van der Waals surface area contributed by atoms with E-state index in [9.17, 15) is 0 Å². The van der Waals surface area contributed by atoms with Crippen LogP contribution in [0.2, 0.25) is 0 Å². The van der Waals surface area contributed by atoms with Crippen LogP contribution in [0, 0.1) is 12.8 Å². The molecule has 0 spiro atoms. The van der Waals surface area contributed by atoms with Crippen molar-refractivity contribution in [3.8, 4) is 0 Å². The van der Waals surface area contributed by atoms with Crippen LogP contribution in [-0.4, -0.2) is 17.6 Å². The second kappa shape index (κ2) is 5.30. The number of nitrogens with two attached hydrogens (primary N) is 1. The van der Waals surface area contributed by atoms with Crippen molar-refractivity contribution in [2.75, 3.05) is 11.9 Å². The fraction of sp³-hybridized carbons (Fsp3) is 0.615. The summed E-state index contributed by atoms with van der Waals surface area (Å²) in [6, 6.07) is 4.53. The first-order chi connectivity index (χ1) is 7.74. The molecule has 1 aliphatic carbocycles. The van der Waals surface area contributed by atoms with Gasteiger partial charge in [0, 0.05) is 18.8 Å². The van der Waals surface area contributed by atoms with Gasteiger partial charge in [0.1, 0.15) is 5.82 Å². The summed E-state index contributed by atoms with van der Waals surface area (Å²) in [4.78, 5) is 4.34. The van der Waals surface area contributed by atoms with E-state index in [1.807, 2.05) is 12.3 Å². The van der Waals surface area contributed by atoms with E-state index in [1.54, 1.807) is 0 Å². The zero-order valence-corrected chi connectivity index (χ0v) is 9.95. The van der Waals surface area contributed by atoms with Gasteiger partial charge < -0.3 is 11.1 Å². The molecule has 0 radical (unpaired) electrons. The summed E-state index contributed by atoms with van der Waals surface area (Å²) >= 11 is 0. The number of hydrogen-bond acceptors (Lipinski definition) is 3. The molecule has 2 atom stereocenters. The normalized spacial score (nSPS) is 25.4. The molecular formula is C13H21N3. The first kappa shape index (κ1) is 11.4. The van der Waals surface area contributed by atoms with Gasteiger partial charge in [-0.3, -0.25) is 0 Å². The first-order valence-electron chi connectivity index (χ1n) is 6.16. The lowest BCUT2D eigenvalue weighted by Crippen LogP contribution is -2.31. The molecule has 0 aliphatic heterocycles. The number of anilines is 1. The minimum Gasteiger partial charge on any atom is -0.370 e. The fourth-order valence-electron chi connectivity index (χ4n) is 2.34. The van der Waals surface area contributed by atoms with Crippen LogP contribution in [0.25, 0.3) is 0 Å².